The minimum absolute atomic E-state index is 0.0257. The van der Waals surface area contributed by atoms with E-state index in [2.05, 4.69) is 14.9 Å². The second-order valence-electron chi connectivity index (χ2n) is 7.62. The fourth-order valence-corrected chi connectivity index (χ4v) is 4.76. The molecule has 3 aliphatic heterocycles. The summed E-state index contributed by atoms with van der Waals surface area (Å²) < 4.78 is 20.1. The van der Waals surface area contributed by atoms with Gasteiger partial charge in [0.15, 0.2) is 11.6 Å². The number of nitrogens with zero attached hydrogens (tertiary/aromatic N) is 4. The molecule has 0 radical (unpaired) electrons. The van der Waals surface area contributed by atoms with Gasteiger partial charge in [-0.2, -0.15) is 0 Å². The molecule has 0 spiro atoms. The van der Waals surface area contributed by atoms with E-state index >= 15 is 0 Å². The summed E-state index contributed by atoms with van der Waals surface area (Å²) >= 11 is 0. The number of carboxylic acids is 1. The van der Waals surface area contributed by atoms with Crippen molar-refractivity contribution >= 4 is 11.8 Å². The number of halogens is 1. The largest absolute Gasteiger partial charge is 0.481 e. The maximum atomic E-state index is 14.7. The van der Waals surface area contributed by atoms with Gasteiger partial charge in [0.1, 0.15) is 11.7 Å². The number of likely N-dealkylation sites (tertiary alicyclic amines) is 1. The summed E-state index contributed by atoms with van der Waals surface area (Å²) in [6.45, 7) is 5.39. The lowest BCUT2D eigenvalue weighted by atomic mass is 9.81. The zero-order valence-corrected chi connectivity index (χ0v) is 15.0. The Hall–Kier alpha value is -1.80. The van der Waals surface area contributed by atoms with Crippen molar-refractivity contribution in [2.75, 3.05) is 44.3 Å². The Labute approximate surface area is 152 Å². The number of fused-ring (bicyclic) bond motifs is 1. The highest BCUT2D eigenvalue weighted by atomic mass is 19.1. The van der Waals surface area contributed by atoms with Crippen molar-refractivity contribution in [1.29, 1.82) is 0 Å². The van der Waals surface area contributed by atoms with E-state index < -0.39 is 17.2 Å². The van der Waals surface area contributed by atoms with Crippen LogP contribution in [-0.2, 0) is 16.0 Å². The Morgan fingerprint density at radius 1 is 1.35 bits per heavy atom. The summed E-state index contributed by atoms with van der Waals surface area (Å²) in [5, 5.41) is 10.0. The Kier molecular flexibility index (Phi) is 4.56. The van der Waals surface area contributed by atoms with Crippen molar-refractivity contribution in [2.24, 2.45) is 11.3 Å². The van der Waals surface area contributed by atoms with Gasteiger partial charge in [0.05, 0.1) is 5.69 Å². The van der Waals surface area contributed by atoms with Crippen molar-refractivity contribution in [3.8, 4) is 0 Å². The summed E-state index contributed by atoms with van der Waals surface area (Å²) in [6.07, 6.45) is 3.76. The van der Waals surface area contributed by atoms with Gasteiger partial charge in [0.25, 0.3) is 0 Å². The molecule has 0 unspecified atom stereocenters. The van der Waals surface area contributed by atoms with Crippen LogP contribution >= 0.6 is 0 Å². The van der Waals surface area contributed by atoms with E-state index in [4.69, 9.17) is 4.74 Å². The quantitative estimate of drug-likeness (QED) is 0.859. The number of carboxylic acid groups (broad SMARTS) is 1. The molecule has 26 heavy (non-hydrogen) atoms. The molecule has 2 atom stereocenters. The monoisotopic (exact) mass is 364 g/mol. The van der Waals surface area contributed by atoms with E-state index in [0.29, 0.717) is 37.8 Å². The first kappa shape index (κ1) is 17.6. The van der Waals surface area contributed by atoms with Crippen LogP contribution in [0.3, 0.4) is 0 Å². The van der Waals surface area contributed by atoms with Crippen LogP contribution in [0.4, 0.5) is 10.2 Å². The number of aryl methyl sites for hydroxylation is 1. The maximum absolute atomic E-state index is 14.7. The van der Waals surface area contributed by atoms with Crippen LogP contribution in [0.5, 0.6) is 0 Å². The lowest BCUT2D eigenvalue weighted by molar-refractivity contribution is -0.148. The number of rotatable bonds is 4. The van der Waals surface area contributed by atoms with Crippen LogP contribution in [0.1, 0.15) is 25.5 Å². The predicted molar refractivity (Wildman–Crippen MR) is 92.6 cm³/mol. The molecule has 1 aromatic heterocycles. The highest BCUT2D eigenvalue weighted by Gasteiger charge is 2.59. The molecule has 142 valence electrons. The standard InChI is InChI=1S/C18H25FN4O3/c1-2-14-15(19)16(21-11-20-14)23-8-12-7-22(13-3-5-26-6-4-13)9-18(12,10-23)17(24)25/h11-13H,2-10H2,1H3,(H,24,25)/t12-,18-/m1/s1. The van der Waals surface area contributed by atoms with E-state index in [1.54, 1.807) is 4.90 Å². The van der Waals surface area contributed by atoms with Crippen molar-refractivity contribution in [2.45, 2.75) is 32.2 Å². The highest BCUT2D eigenvalue weighted by molar-refractivity contribution is 5.78. The second-order valence-corrected chi connectivity index (χ2v) is 7.62. The Bertz CT molecular complexity index is 697. The molecule has 3 fully saturated rings. The third kappa shape index (κ3) is 2.75. The molecule has 0 amide bonds. The molecule has 3 aliphatic rings. The van der Waals surface area contributed by atoms with E-state index in [9.17, 15) is 14.3 Å². The lowest BCUT2D eigenvalue weighted by Crippen LogP contribution is -2.44. The number of carbonyl (C=O) groups is 1. The van der Waals surface area contributed by atoms with Crippen molar-refractivity contribution in [3.05, 3.63) is 17.8 Å². The third-order valence-electron chi connectivity index (χ3n) is 6.25. The smallest absolute Gasteiger partial charge is 0.313 e. The summed E-state index contributed by atoms with van der Waals surface area (Å²) in [6, 6.07) is 0.390. The first-order chi connectivity index (χ1) is 12.5. The van der Waals surface area contributed by atoms with Crippen molar-refractivity contribution in [3.63, 3.8) is 0 Å². The van der Waals surface area contributed by atoms with Gasteiger partial charge in [-0.05, 0) is 19.3 Å². The van der Waals surface area contributed by atoms with Gasteiger partial charge in [-0.3, -0.25) is 9.69 Å². The Balaban J connectivity index is 1.56. The molecule has 7 nitrogen and oxygen atoms in total. The fraction of sp³-hybridized carbons (Fsp3) is 0.722. The predicted octanol–water partition coefficient (Wildman–Crippen LogP) is 1.18. The number of hydrogen-bond donors (Lipinski definition) is 1. The molecule has 0 aromatic carbocycles. The number of anilines is 1. The van der Waals surface area contributed by atoms with Gasteiger partial charge in [0, 0.05) is 51.4 Å². The maximum Gasteiger partial charge on any atom is 0.313 e. The molecule has 4 rings (SSSR count). The van der Waals surface area contributed by atoms with Crippen molar-refractivity contribution in [1.82, 2.24) is 14.9 Å². The minimum atomic E-state index is -0.859. The first-order valence-electron chi connectivity index (χ1n) is 9.34. The van der Waals surface area contributed by atoms with E-state index in [1.807, 2.05) is 6.92 Å². The summed E-state index contributed by atoms with van der Waals surface area (Å²) in [5.41, 5.74) is -0.484. The molecule has 1 N–H and O–H groups in total. The molecular formula is C18H25FN4O3. The average Bonchev–Trinajstić information content (AvgIpc) is 3.18. The zero-order chi connectivity index (χ0) is 18.3. The zero-order valence-electron chi connectivity index (χ0n) is 15.0. The summed E-state index contributed by atoms with van der Waals surface area (Å²) in [5.74, 6) is -0.992. The number of aromatic nitrogens is 2. The normalized spacial score (nSPS) is 29.9. The van der Waals surface area contributed by atoms with Gasteiger partial charge in [-0.15, -0.1) is 0 Å². The molecule has 1 aromatic rings. The van der Waals surface area contributed by atoms with Gasteiger partial charge in [0.2, 0.25) is 0 Å². The molecule has 8 heteroatoms. The molecule has 3 saturated heterocycles. The van der Waals surface area contributed by atoms with E-state index in [0.717, 1.165) is 32.6 Å². The van der Waals surface area contributed by atoms with Crippen LogP contribution in [-0.4, -0.2) is 71.4 Å². The Morgan fingerprint density at radius 3 is 2.77 bits per heavy atom. The first-order valence-corrected chi connectivity index (χ1v) is 9.34. The van der Waals surface area contributed by atoms with Gasteiger partial charge in [-0.1, -0.05) is 6.92 Å². The fourth-order valence-electron chi connectivity index (χ4n) is 4.76. The minimum Gasteiger partial charge on any atom is -0.481 e. The number of hydrogen-bond acceptors (Lipinski definition) is 6. The average molecular weight is 364 g/mol. The number of aliphatic carboxylic acids is 1. The van der Waals surface area contributed by atoms with Crippen LogP contribution in [0.15, 0.2) is 6.33 Å². The van der Waals surface area contributed by atoms with Gasteiger partial charge >= 0.3 is 5.97 Å². The van der Waals surface area contributed by atoms with Gasteiger partial charge < -0.3 is 14.7 Å². The molecule has 0 saturated carbocycles. The van der Waals surface area contributed by atoms with Gasteiger partial charge in [-0.25, -0.2) is 14.4 Å². The van der Waals surface area contributed by atoms with Crippen LogP contribution in [0.2, 0.25) is 0 Å². The molecule has 0 aliphatic carbocycles. The highest BCUT2D eigenvalue weighted by Crippen LogP contribution is 2.45. The molecule has 4 heterocycles. The van der Waals surface area contributed by atoms with E-state index in [-0.39, 0.29) is 11.7 Å². The Morgan fingerprint density at radius 2 is 2.12 bits per heavy atom. The van der Waals surface area contributed by atoms with Crippen LogP contribution in [0.25, 0.3) is 0 Å². The third-order valence-corrected chi connectivity index (χ3v) is 6.25. The number of ether oxygens (including phenoxy) is 1. The SMILES string of the molecule is CCc1ncnc(N2C[C@H]3CN(C4CCOCC4)C[C@@]3(C(=O)O)C2)c1F. The van der Waals surface area contributed by atoms with E-state index in [1.165, 1.54) is 6.33 Å². The second kappa shape index (κ2) is 6.74. The van der Waals surface area contributed by atoms with Crippen LogP contribution in [0, 0.1) is 17.2 Å². The van der Waals surface area contributed by atoms with Crippen molar-refractivity contribution < 1.29 is 19.0 Å². The lowest BCUT2D eigenvalue weighted by Gasteiger charge is -2.33. The molecule has 0 bridgehead atoms. The van der Waals surface area contributed by atoms with Crippen LogP contribution < -0.4 is 4.90 Å². The molecular weight excluding hydrogens is 339 g/mol. The summed E-state index contributed by atoms with van der Waals surface area (Å²) in [4.78, 5) is 24.4. The summed E-state index contributed by atoms with van der Waals surface area (Å²) in [7, 11) is 0. The topological polar surface area (TPSA) is 78.8 Å².